The quantitative estimate of drug-likeness (QED) is 0.256. The van der Waals surface area contributed by atoms with Gasteiger partial charge >= 0.3 is 21.6 Å². The molecular weight excluding hydrogens is 289 g/mol. The first-order valence-corrected chi connectivity index (χ1v) is 7.04. The van der Waals surface area contributed by atoms with Crippen molar-refractivity contribution in [3.05, 3.63) is 11.8 Å². The van der Waals surface area contributed by atoms with E-state index in [9.17, 15) is 26.4 Å². The van der Waals surface area contributed by atoms with Crippen LogP contribution >= 0.6 is 0 Å². The molecule has 19 heavy (non-hydrogen) atoms. The molecule has 2 aliphatic rings. The minimum Gasteiger partial charge on any atom is -0.458 e. The van der Waals surface area contributed by atoms with Crippen molar-refractivity contribution in [2.24, 2.45) is 5.92 Å². The molecule has 2 fully saturated rings. The fourth-order valence-electron chi connectivity index (χ4n) is 2.26. The number of halogens is 3. The van der Waals surface area contributed by atoms with Gasteiger partial charge in [-0.05, 0) is 19.3 Å². The monoisotopic (exact) mass is 300 g/mol. The number of fused-ring (bicyclic) bond motifs is 1. The van der Waals surface area contributed by atoms with Crippen LogP contribution < -0.4 is 0 Å². The van der Waals surface area contributed by atoms with E-state index < -0.39 is 21.6 Å². The van der Waals surface area contributed by atoms with E-state index >= 15 is 0 Å². The first kappa shape index (κ1) is 14.2. The average molecular weight is 300 g/mol. The number of esters is 1. The summed E-state index contributed by atoms with van der Waals surface area (Å²) in [5.74, 6) is -1.20. The summed E-state index contributed by atoms with van der Waals surface area (Å²) in [6.07, 6.45) is 2.84. The van der Waals surface area contributed by atoms with Crippen molar-refractivity contribution in [2.45, 2.75) is 37.3 Å². The van der Waals surface area contributed by atoms with E-state index in [4.69, 9.17) is 4.74 Å². The molecule has 9 heteroatoms. The van der Waals surface area contributed by atoms with Gasteiger partial charge in [-0.15, -0.1) is 0 Å². The number of rotatable bonds is 2. The third-order valence-corrected chi connectivity index (χ3v) is 4.10. The SMILES string of the molecule is O=C1O[C@@H]2CCCCC2/C1=C/OS(=O)(=O)C(F)(F)F. The summed E-state index contributed by atoms with van der Waals surface area (Å²) >= 11 is 0. The molecule has 1 aliphatic heterocycles. The highest BCUT2D eigenvalue weighted by Gasteiger charge is 2.49. The van der Waals surface area contributed by atoms with Crippen LogP contribution in [0.3, 0.4) is 0 Å². The van der Waals surface area contributed by atoms with E-state index in [0.29, 0.717) is 19.1 Å². The summed E-state index contributed by atoms with van der Waals surface area (Å²) in [4.78, 5) is 11.5. The smallest absolute Gasteiger partial charge is 0.458 e. The Balaban J connectivity index is 2.17. The highest BCUT2D eigenvalue weighted by molar-refractivity contribution is 7.87. The van der Waals surface area contributed by atoms with Crippen LogP contribution in [0.1, 0.15) is 25.7 Å². The van der Waals surface area contributed by atoms with Crippen molar-refractivity contribution in [3.8, 4) is 0 Å². The van der Waals surface area contributed by atoms with Gasteiger partial charge in [0.05, 0.1) is 5.57 Å². The number of ether oxygens (including phenoxy) is 1. The van der Waals surface area contributed by atoms with Gasteiger partial charge < -0.3 is 8.92 Å². The molecule has 0 aromatic carbocycles. The third-order valence-electron chi connectivity index (χ3n) is 3.18. The lowest BCUT2D eigenvalue weighted by Gasteiger charge is -2.22. The zero-order valence-electron chi connectivity index (χ0n) is 9.64. The van der Waals surface area contributed by atoms with Crippen LogP contribution in [0.4, 0.5) is 13.2 Å². The highest BCUT2D eigenvalue weighted by atomic mass is 32.2. The van der Waals surface area contributed by atoms with Gasteiger partial charge in [-0.25, -0.2) is 4.79 Å². The van der Waals surface area contributed by atoms with Crippen molar-refractivity contribution in [1.82, 2.24) is 0 Å². The van der Waals surface area contributed by atoms with Crippen molar-refractivity contribution < 1.29 is 35.3 Å². The van der Waals surface area contributed by atoms with Crippen molar-refractivity contribution in [2.75, 3.05) is 0 Å². The fraction of sp³-hybridized carbons (Fsp3) is 0.700. The van der Waals surface area contributed by atoms with Crippen LogP contribution in [0, 0.1) is 5.92 Å². The van der Waals surface area contributed by atoms with E-state index in [0.717, 1.165) is 12.8 Å². The molecule has 0 aromatic heterocycles. The Morgan fingerprint density at radius 3 is 2.53 bits per heavy atom. The van der Waals surface area contributed by atoms with Crippen LogP contribution in [0.2, 0.25) is 0 Å². The molecule has 0 aromatic rings. The predicted molar refractivity (Wildman–Crippen MR) is 56.0 cm³/mol. The molecule has 108 valence electrons. The largest absolute Gasteiger partial charge is 0.534 e. The van der Waals surface area contributed by atoms with Crippen molar-refractivity contribution >= 4 is 16.1 Å². The van der Waals surface area contributed by atoms with E-state index in [-0.39, 0.29) is 17.6 Å². The van der Waals surface area contributed by atoms with Gasteiger partial charge in [0.2, 0.25) is 0 Å². The molecular formula is C10H11F3O5S. The number of hydrogen-bond acceptors (Lipinski definition) is 5. The Labute approximate surface area is 107 Å². The molecule has 1 aliphatic carbocycles. The minimum absolute atomic E-state index is 0.141. The molecule has 1 saturated heterocycles. The highest BCUT2D eigenvalue weighted by Crippen LogP contribution is 2.38. The van der Waals surface area contributed by atoms with Gasteiger partial charge in [0.25, 0.3) is 0 Å². The van der Waals surface area contributed by atoms with Crippen molar-refractivity contribution in [3.63, 3.8) is 0 Å². The summed E-state index contributed by atoms with van der Waals surface area (Å²) in [5.41, 5.74) is -5.66. The minimum atomic E-state index is -5.73. The molecule has 1 heterocycles. The van der Waals surface area contributed by atoms with E-state index in [2.05, 4.69) is 4.18 Å². The van der Waals surface area contributed by atoms with E-state index in [1.807, 2.05) is 0 Å². The van der Waals surface area contributed by atoms with Gasteiger partial charge in [0, 0.05) is 5.92 Å². The van der Waals surface area contributed by atoms with E-state index in [1.165, 1.54) is 0 Å². The lowest BCUT2D eigenvalue weighted by Crippen LogP contribution is -2.24. The Hall–Kier alpha value is -1.25. The molecule has 0 N–H and O–H groups in total. The second kappa shape index (κ2) is 4.69. The molecule has 1 saturated carbocycles. The lowest BCUT2D eigenvalue weighted by molar-refractivity contribution is -0.139. The molecule has 2 atom stereocenters. The van der Waals surface area contributed by atoms with Crippen LogP contribution in [-0.4, -0.2) is 26.0 Å². The first-order chi connectivity index (χ1) is 8.72. The molecule has 2 rings (SSSR count). The Morgan fingerprint density at radius 2 is 1.89 bits per heavy atom. The zero-order valence-corrected chi connectivity index (χ0v) is 10.5. The van der Waals surface area contributed by atoms with Gasteiger partial charge in [-0.1, -0.05) is 6.42 Å². The predicted octanol–water partition coefficient (Wildman–Crippen LogP) is 1.85. The molecule has 5 nitrogen and oxygen atoms in total. The first-order valence-electron chi connectivity index (χ1n) is 5.63. The Bertz CT molecular complexity index is 508. The summed E-state index contributed by atoms with van der Waals surface area (Å²) in [5, 5.41) is 0. The number of carbonyl (C=O) groups excluding carboxylic acids is 1. The van der Waals surface area contributed by atoms with Crippen LogP contribution in [0.15, 0.2) is 11.8 Å². The molecule has 1 unspecified atom stereocenters. The Morgan fingerprint density at radius 1 is 1.26 bits per heavy atom. The second-order valence-electron chi connectivity index (χ2n) is 4.40. The standard InChI is InChI=1S/C10H11F3O5S/c11-10(12,13)19(15,16)17-5-7-6-3-1-2-4-8(6)18-9(7)14/h5-6,8H,1-4H2/b7-5-/t6?,8-/m1/s1. The third kappa shape index (κ3) is 2.70. The van der Waals surface area contributed by atoms with E-state index in [1.54, 1.807) is 0 Å². The summed E-state index contributed by atoms with van der Waals surface area (Å²) < 4.78 is 66.4. The summed E-state index contributed by atoms with van der Waals surface area (Å²) in [7, 11) is -5.73. The van der Waals surface area contributed by atoms with Gasteiger partial charge in [0.15, 0.2) is 0 Å². The topological polar surface area (TPSA) is 69.7 Å². The van der Waals surface area contributed by atoms with Gasteiger partial charge in [0.1, 0.15) is 12.4 Å². The maximum Gasteiger partial charge on any atom is 0.534 e. The summed E-state index contributed by atoms with van der Waals surface area (Å²) in [6, 6.07) is 0. The van der Waals surface area contributed by atoms with Crippen LogP contribution in [0.25, 0.3) is 0 Å². The maximum atomic E-state index is 12.1. The second-order valence-corrected chi connectivity index (χ2v) is 5.97. The lowest BCUT2D eigenvalue weighted by atomic mass is 9.84. The van der Waals surface area contributed by atoms with Gasteiger partial charge in [-0.2, -0.15) is 21.6 Å². The summed E-state index contributed by atoms with van der Waals surface area (Å²) in [6.45, 7) is 0. The molecule has 0 bridgehead atoms. The van der Waals surface area contributed by atoms with Crippen LogP contribution in [0.5, 0.6) is 0 Å². The Kier molecular flexibility index (Phi) is 3.50. The maximum absolute atomic E-state index is 12.1. The normalized spacial score (nSPS) is 30.1. The molecule has 0 amide bonds. The van der Waals surface area contributed by atoms with Crippen molar-refractivity contribution in [1.29, 1.82) is 0 Å². The number of carbonyl (C=O) groups is 1. The molecule has 0 radical (unpaired) electrons. The fourth-order valence-corrected chi connectivity index (χ4v) is 2.60. The number of hydrogen-bond donors (Lipinski definition) is 0. The van der Waals surface area contributed by atoms with Gasteiger partial charge in [-0.3, -0.25) is 0 Å². The number of alkyl halides is 3. The molecule has 0 spiro atoms. The van der Waals surface area contributed by atoms with Crippen LogP contribution in [-0.2, 0) is 23.8 Å². The average Bonchev–Trinajstić information content (AvgIpc) is 2.60. The zero-order chi connectivity index (χ0) is 14.3.